The average molecular weight is 611 g/mol. The van der Waals surface area contributed by atoms with E-state index in [1.165, 1.54) is 148 Å². The van der Waals surface area contributed by atoms with Crippen LogP contribution in [0.15, 0.2) is 0 Å². The highest BCUT2D eigenvalue weighted by molar-refractivity contribution is 5.69. The van der Waals surface area contributed by atoms with Crippen LogP contribution < -0.4 is 0 Å². The second-order valence-corrected chi connectivity index (χ2v) is 13.5. The highest BCUT2D eigenvalue weighted by Crippen LogP contribution is 2.15. The fourth-order valence-corrected chi connectivity index (χ4v) is 5.62. The first-order chi connectivity index (χ1) is 21.0. The Labute approximate surface area is 268 Å². The van der Waals surface area contributed by atoms with E-state index in [1.54, 1.807) is 0 Å². The number of rotatable bonds is 34. The van der Waals surface area contributed by atoms with Crippen molar-refractivity contribution in [2.45, 2.75) is 213 Å². The van der Waals surface area contributed by atoms with Gasteiger partial charge < -0.3 is 14.6 Å². The number of unbranched alkanes of at least 4 members (excludes halogenated alkanes) is 24. The minimum atomic E-state index is -0.955. The standard InChI is InChI=1S/C38H74O5/c1-4-5-6-7-8-9-10-11-12-13-14-15-19-22-25-28-31-37(40)42-33-36(39)34-43-38(41)32-29-26-23-20-17-16-18-21-24-27-30-35(2)3/h35-36,39H,4-34H2,1-3H3/t36-/m0/s1. The molecule has 5 nitrogen and oxygen atoms in total. The Morgan fingerprint density at radius 1 is 0.465 bits per heavy atom. The molecule has 256 valence electrons. The molecule has 0 saturated heterocycles. The maximum Gasteiger partial charge on any atom is 0.305 e. The smallest absolute Gasteiger partial charge is 0.305 e. The Hall–Kier alpha value is -1.10. The second-order valence-electron chi connectivity index (χ2n) is 13.5. The molecule has 1 atom stereocenters. The number of carbonyl (C=O) groups is 2. The topological polar surface area (TPSA) is 72.8 Å². The van der Waals surface area contributed by atoms with Gasteiger partial charge in [-0.15, -0.1) is 0 Å². The molecule has 0 radical (unpaired) electrons. The van der Waals surface area contributed by atoms with Gasteiger partial charge in [-0.3, -0.25) is 9.59 Å². The third-order valence-corrected chi connectivity index (χ3v) is 8.52. The van der Waals surface area contributed by atoms with Crippen molar-refractivity contribution in [1.29, 1.82) is 0 Å². The molecule has 0 bridgehead atoms. The summed E-state index contributed by atoms with van der Waals surface area (Å²) in [6.45, 7) is 6.65. The Morgan fingerprint density at radius 2 is 0.744 bits per heavy atom. The van der Waals surface area contributed by atoms with Crippen molar-refractivity contribution in [1.82, 2.24) is 0 Å². The molecule has 0 heterocycles. The van der Waals surface area contributed by atoms with Gasteiger partial charge in [-0.25, -0.2) is 0 Å². The van der Waals surface area contributed by atoms with Gasteiger partial charge in [0.2, 0.25) is 0 Å². The van der Waals surface area contributed by atoms with Crippen LogP contribution in [-0.4, -0.2) is 36.4 Å². The number of esters is 2. The van der Waals surface area contributed by atoms with E-state index in [4.69, 9.17) is 9.47 Å². The summed E-state index contributed by atoms with van der Waals surface area (Å²) in [6.07, 6.45) is 34.4. The molecule has 0 aromatic rings. The molecular formula is C38H74O5. The van der Waals surface area contributed by atoms with Crippen molar-refractivity contribution in [3.63, 3.8) is 0 Å². The van der Waals surface area contributed by atoms with Gasteiger partial charge in [0, 0.05) is 12.8 Å². The van der Waals surface area contributed by atoms with Crippen molar-refractivity contribution >= 4 is 11.9 Å². The summed E-state index contributed by atoms with van der Waals surface area (Å²) in [6, 6.07) is 0. The first-order valence-corrected chi connectivity index (χ1v) is 18.9. The van der Waals surface area contributed by atoms with Crippen LogP contribution in [0.2, 0.25) is 0 Å². The quantitative estimate of drug-likeness (QED) is 0.0579. The summed E-state index contributed by atoms with van der Waals surface area (Å²) in [5, 5.41) is 9.99. The summed E-state index contributed by atoms with van der Waals surface area (Å²) in [5.74, 6) is 0.275. The van der Waals surface area contributed by atoms with Crippen LogP contribution in [0.4, 0.5) is 0 Å². The Kier molecular flexibility index (Phi) is 32.9. The number of aliphatic hydroxyl groups excluding tert-OH is 1. The fourth-order valence-electron chi connectivity index (χ4n) is 5.62. The molecule has 0 unspecified atom stereocenters. The van der Waals surface area contributed by atoms with Gasteiger partial charge >= 0.3 is 11.9 Å². The summed E-state index contributed by atoms with van der Waals surface area (Å²) in [5.41, 5.74) is 0. The molecule has 0 fully saturated rings. The van der Waals surface area contributed by atoms with Crippen LogP contribution in [0.5, 0.6) is 0 Å². The molecule has 0 aliphatic carbocycles. The van der Waals surface area contributed by atoms with Crippen molar-refractivity contribution in [2.75, 3.05) is 13.2 Å². The molecule has 0 amide bonds. The van der Waals surface area contributed by atoms with Crippen molar-refractivity contribution in [2.24, 2.45) is 5.92 Å². The van der Waals surface area contributed by atoms with Crippen LogP contribution >= 0.6 is 0 Å². The lowest BCUT2D eigenvalue weighted by Crippen LogP contribution is -2.25. The number of hydrogen-bond donors (Lipinski definition) is 1. The zero-order valence-electron chi connectivity index (χ0n) is 29.2. The first-order valence-electron chi connectivity index (χ1n) is 18.9. The maximum absolute atomic E-state index is 11.9. The van der Waals surface area contributed by atoms with Gasteiger partial charge in [-0.05, 0) is 18.8 Å². The lowest BCUT2D eigenvalue weighted by atomic mass is 10.0. The molecule has 43 heavy (non-hydrogen) atoms. The van der Waals surface area contributed by atoms with Gasteiger partial charge in [0.1, 0.15) is 19.3 Å². The van der Waals surface area contributed by atoms with E-state index in [-0.39, 0.29) is 25.2 Å². The molecule has 0 aromatic heterocycles. The maximum atomic E-state index is 11.9. The van der Waals surface area contributed by atoms with E-state index in [9.17, 15) is 14.7 Å². The fraction of sp³-hybridized carbons (Fsp3) is 0.947. The summed E-state index contributed by atoms with van der Waals surface area (Å²) in [7, 11) is 0. The van der Waals surface area contributed by atoms with Crippen LogP contribution in [0.3, 0.4) is 0 Å². The van der Waals surface area contributed by atoms with Crippen molar-refractivity contribution < 1.29 is 24.2 Å². The Morgan fingerprint density at radius 3 is 1.05 bits per heavy atom. The zero-order valence-corrected chi connectivity index (χ0v) is 29.2. The van der Waals surface area contributed by atoms with Gasteiger partial charge in [0.15, 0.2) is 0 Å². The number of hydrogen-bond acceptors (Lipinski definition) is 5. The van der Waals surface area contributed by atoms with Gasteiger partial charge in [-0.1, -0.05) is 181 Å². The van der Waals surface area contributed by atoms with Crippen LogP contribution in [0.25, 0.3) is 0 Å². The van der Waals surface area contributed by atoms with E-state index in [2.05, 4.69) is 20.8 Å². The lowest BCUT2D eigenvalue weighted by molar-refractivity contribution is -0.152. The van der Waals surface area contributed by atoms with Crippen LogP contribution in [-0.2, 0) is 19.1 Å². The van der Waals surface area contributed by atoms with Gasteiger partial charge in [-0.2, -0.15) is 0 Å². The van der Waals surface area contributed by atoms with E-state index >= 15 is 0 Å². The third kappa shape index (κ3) is 35.3. The average Bonchev–Trinajstić information content (AvgIpc) is 2.99. The lowest BCUT2D eigenvalue weighted by Gasteiger charge is -2.12. The highest BCUT2D eigenvalue weighted by Gasteiger charge is 2.12. The van der Waals surface area contributed by atoms with E-state index in [1.807, 2.05) is 0 Å². The predicted molar refractivity (Wildman–Crippen MR) is 182 cm³/mol. The summed E-state index contributed by atoms with van der Waals surface area (Å²) in [4.78, 5) is 23.9. The molecule has 0 aliphatic rings. The monoisotopic (exact) mass is 611 g/mol. The molecule has 1 N–H and O–H groups in total. The molecule has 0 rings (SSSR count). The third-order valence-electron chi connectivity index (χ3n) is 8.52. The van der Waals surface area contributed by atoms with Crippen molar-refractivity contribution in [3.05, 3.63) is 0 Å². The normalized spacial score (nSPS) is 12.1. The predicted octanol–water partition coefficient (Wildman–Crippen LogP) is 11.4. The highest BCUT2D eigenvalue weighted by atomic mass is 16.6. The molecule has 0 aliphatic heterocycles. The van der Waals surface area contributed by atoms with E-state index in [0.717, 1.165) is 31.6 Å². The SMILES string of the molecule is CCCCCCCCCCCCCCCCCCC(=O)OC[C@H](O)COC(=O)CCCCCCCCCCCCC(C)C. The molecular weight excluding hydrogens is 536 g/mol. The van der Waals surface area contributed by atoms with Gasteiger partial charge in [0.05, 0.1) is 0 Å². The molecule has 0 spiro atoms. The van der Waals surface area contributed by atoms with Crippen LogP contribution in [0.1, 0.15) is 207 Å². The zero-order chi connectivity index (χ0) is 31.6. The van der Waals surface area contributed by atoms with E-state index in [0.29, 0.717) is 12.8 Å². The summed E-state index contributed by atoms with van der Waals surface area (Å²) >= 11 is 0. The van der Waals surface area contributed by atoms with E-state index < -0.39 is 6.10 Å². The number of carbonyl (C=O) groups excluding carboxylic acids is 2. The summed E-state index contributed by atoms with van der Waals surface area (Å²) < 4.78 is 10.3. The minimum Gasteiger partial charge on any atom is -0.463 e. The Bertz CT molecular complexity index is 591. The van der Waals surface area contributed by atoms with Crippen LogP contribution in [0, 0.1) is 5.92 Å². The second kappa shape index (κ2) is 33.8. The van der Waals surface area contributed by atoms with Gasteiger partial charge in [0.25, 0.3) is 0 Å². The number of ether oxygens (including phenoxy) is 2. The molecule has 0 aromatic carbocycles. The Balaban J connectivity index is 3.38. The first kappa shape index (κ1) is 41.9. The number of aliphatic hydroxyl groups is 1. The molecule has 0 saturated carbocycles. The van der Waals surface area contributed by atoms with Crippen molar-refractivity contribution in [3.8, 4) is 0 Å². The minimum absolute atomic E-state index is 0.108. The molecule has 5 heteroatoms. The largest absolute Gasteiger partial charge is 0.463 e.